The largest absolute Gasteiger partial charge is 0.490 e. The molecule has 0 unspecified atom stereocenters. The van der Waals surface area contributed by atoms with Crippen molar-refractivity contribution in [1.29, 1.82) is 0 Å². The maximum atomic E-state index is 12.0. The van der Waals surface area contributed by atoms with E-state index in [0.29, 0.717) is 0 Å². The van der Waals surface area contributed by atoms with E-state index >= 15 is 0 Å². The quantitative estimate of drug-likeness (QED) is 0.653. The fourth-order valence-corrected chi connectivity index (χ4v) is 2.05. The van der Waals surface area contributed by atoms with Crippen molar-refractivity contribution in [3.8, 4) is 11.5 Å². The first-order valence-electron chi connectivity index (χ1n) is 6.83. The summed E-state index contributed by atoms with van der Waals surface area (Å²) in [4.78, 5) is 22.4. The van der Waals surface area contributed by atoms with E-state index in [-0.39, 0.29) is 47.7 Å². The van der Waals surface area contributed by atoms with Gasteiger partial charge in [0, 0.05) is 17.9 Å². The normalized spacial score (nSPS) is 11.0. The molecule has 10 heteroatoms. The fourth-order valence-electron chi connectivity index (χ4n) is 1.61. The summed E-state index contributed by atoms with van der Waals surface area (Å²) in [7, 11) is 0. The van der Waals surface area contributed by atoms with Crippen LogP contribution in [0.4, 0.5) is 13.2 Å². The second kappa shape index (κ2) is 9.26. The minimum Gasteiger partial charge on any atom is -0.490 e. The third-order valence-electron chi connectivity index (χ3n) is 2.51. The molecule has 0 saturated heterocycles. The van der Waals surface area contributed by atoms with Crippen LogP contribution in [0.2, 0.25) is 0 Å². The Hall–Kier alpha value is -2.10. The molecule has 6 nitrogen and oxygen atoms in total. The molecule has 1 rings (SSSR count). The Kier molecular flexibility index (Phi) is 7.69. The van der Waals surface area contributed by atoms with E-state index in [9.17, 15) is 22.8 Å². The predicted molar refractivity (Wildman–Crippen MR) is 81.6 cm³/mol. The van der Waals surface area contributed by atoms with Gasteiger partial charge in [-0.3, -0.25) is 4.79 Å². The van der Waals surface area contributed by atoms with Gasteiger partial charge in [-0.1, -0.05) is 0 Å². The van der Waals surface area contributed by atoms with Crippen LogP contribution in [-0.2, 0) is 4.79 Å². The van der Waals surface area contributed by atoms with Gasteiger partial charge in [-0.25, -0.2) is 4.79 Å². The second-order valence-electron chi connectivity index (χ2n) is 4.33. The third kappa shape index (κ3) is 7.44. The first kappa shape index (κ1) is 19.9. The van der Waals surface area contributed by atoms with E-state index in [1.165, 1.54) is 18.2 Å². The zero-order chi connectivity index (χ0) is 18.2. The molecule has 0 fully saturated rings. The van der Waals surface area contributed by atoms with Crippen LogP contribution in [0.15, 0.2) is 18.2 Å². The van der Waals surface area contributed by atoms with E-state index in [1.807, 2.05) is 0 Å². The van der Waals surface area contributed by atoms with Crippen molar-refractivity contribution >= 4 is 23.6 Å². The van der Waals surface area contributed by atoms with Gasteiger partial charge in [-0.05, 0) is 36.9 Å². The van der Waals surface area contributed by atoms with E-state index in [1.54, 1.807) is 6.92 Å². The summed E-state index contributed by atoms with van der Waals surface area (Å²) < 4.78 is 46.3. The van der Waals surface area contributed by atoms with Crippen LogP contribution in [0.5, 0.6) is 11.5 Å². The van der Waals surface area contributed by atoms with Crippen LogP contribution in [0.25, 0.3) is 0 Å². The average molecular weight is 367 g/mol. The van der Waals surface area contributed by atoms with Gasteiger partial charge in [-0.2, -0.15) is 13.2 Å². The predicted octanol–water partition coefficient (Wildman–Crippen LogP) is 2.53. The molecule has 0 spiro atoms. The number of hydrogen-bond acceptors (Lipinski definition) is 5. The van der Waals surface area contributed by atoms with Crippen LogP contribution in [-0.4, -0.2) is 48.0 Å². The molecule has 24 heavy (non-hydrogen) atoms. The summed E-state index contributed by atoms with van der Waals surface area (Å²) in [5, 5.41) is 11.0. The monoisotopic (exact) mass is 367 g/mol. The highest BCUT2D eigenvalue weighted by atomic mass is 32.2. The van der Waals surface area contributed by atoms with Crippen molar-refractivity contribution in [2.75, 3.05) is 25.5 Å². The van der Waals surface area contributed by atoms with Gasteiger partial charge in [0.2, 0.25) is 0 Å². The molecule has 1 amide bonds. The number of aliphatic carboxylic acids is 1. The van der Waals surface area contributed by atoms with Crippen molar-refractivity contribution in [2.45, 2.75) is 12.4 Å². The van der Waals surface area contributed by atoms with Gasteiger partial charge in [0.15, 0.2) is 18.1 Å². The molecular weight excluding hydrogens is 351 g/mol. The Balaban J connectivity index is 2.68. The lowest BCUT2D eigenvalue weighted by Gasteiger charge is -2.12. The molecule has 1 aromatic rings. The average Bonchev–Trinajstić information content (AvgIpc) is 2.49. The summed E-state index contributed by atoms with van der Waals surface area (Å²) in [5.74, 6) is -1.70. The molecule has 2 N–H and O–H groups in total. The lowest BCUT2D eigenvalue weighted by atomic mass is 10.2. The number of carboxylic acid groups (broad SMARTS) is 1. The van der Waals surface area contributed by atoms with E-state index in [0.717, 1.165) is 0 Å². The smallest absolute Gasteiger partial charge is 0.441 e. The highest BCUT2D eigenvalue weighted by Gasteiger charge is 2.27. The molecule has 0 heterocycles. The maximum Gasteiger partial charge on any atom is 0.441 e. The lowest BCUT2D eigenvalue weighted by Crippen LogP contribution is -2.26. The standard InChI is InChI=1S/C14H16F3NO5S/c1-2-22-11-7-9(3-4-10(11)23-8-12(19)20)13(21)18-5-6-24-14(15,16)17/h3-4,7H,2,5-6,8H2,1H3,(H,18,21)(H,19,20). The zero-order valence-corrected chi connectivity index (χ0v) is 13.5. The number of ether oxygens (including phenoxy) is 2. The molecule has 0 saturated carbocycles. The lowest BCUT2D eigenvalue weighted by molar-refractivity contribution is -0.139. The summed E-state index contributed by atoms with van der Waals surface area (Å²) in [6, 6.07) is 4.08. The first-order valence-corrected chi connectivity index (χ1v) is 7.82. The molecule has 0 aliphatic carbocycles. The minimum absolute atomic E-state index is 0.149. The van der Waals surface area contributed by atoms with Crippen LogP contribution >= 0.6 is 11.8 Å². The number of carbonyl (C=O) groups is 2. The van der Waals surface area contributed by atoms with E-state index < -0.39 is 24.0 Å². The number of amides is 1. The SMILES string of the molecule is CCOc1cc(C(=O)NCCSC(F)(F)F)ccc1OCC(=O)O. The Bertz CT molecular complexity index is 580. The van der Waals surface area contributed by atoms with E-state index in [2.05, 4.69) is 5.32 Å². The molecule has 1 aromatic carbocycles. The van der Waals surface area contributed by atoms with Crippen molar-refractivity contribution in [3.05, 3.63) is 23.8 Å². The van der Waals surface area contributed by atoms with Crippen LogP contribution in [0, 0.1) is 0 Å². The van der Waals surface area contributed by atoms with Gasteiger partial charge < -0.3 is 19.9 Å². The molecule has 0 aromatic heterocycles. The Morgan fingerprint density at radius 3 is 2.54 bits per heavy atom. The molecule has 0 aliphatic rings. The number of rotatable bonds is 9. The van der Waals surface area contributed by atoms with Gasteiger partial charge in [-0.15, -0.1) is 0 Å². The van der Waals surface area contributed by atoms with Crippen molar-refractivity contribution in [3.63, 3.8) is 0 Å². The summed E-state index contributed by atoms with van der Waals surface area (Å²) in [6.07, 6.45) is 0. The number of carbonyl (C=O) groups excluding carboxylic acids is 1. The van der Waals surface area contributed by atoms with Crippen molar-refractivity contribution in [1.82, 2.24) is 5.32 Å². The number of carboxylic acids is 1. The highest BCUT2D eigenvalue weighted by Crippen LogP contribution is 2.30. The van der Waals surface area contributed by atoms with Crippen LogP contribution in [0.3, 0.4) is 0 Å². The number of benzene rings is 1. The maximum absolute atomic E-state index is 12.0. The number of alkyl halides is 3. The van der Waals surface area contributed by atoms with Crippen molar-refractivity contribution in [2.24, 2.45) is 0 Å². The second-order valence-corrected chi connectivity index (χ2v) is 5.49. The number of nitrogens with one attached hydrogen (secondary N) is 1. The Labute approximate surface area is 140 Å². The highest BCUT2D eigenvalue weighted by molar-refractivity contribution is 8.00. The zero-order valence-electron chi connectivity index (χ0n) is 12.7. The van der Waals surface area contributed by atoms with Gasteiger partial charge in [0.05, 0.1) is 6.61 Å². The number of thioether (sulfide) groups is 1. The topological polar surface area (TPSA) is 84.9 Å². The Morgan fingerprint density at radius 1 is 1.25 bits per heavy atom. The van der Waals surface area contributed by atoms with Gasteiger partial charge >= 0.3 is 11.5 Å². The summed E-state index contributed by atoms with van der Waals surface area (Å²) >= 11 is -0.221. The fraction of sp³-hybridized carbons (Fsp3) is 0.429. The molecule has 0 atom stereocenters. The summed E-state index contributed by atoms with van der Waals surface area (Å²) in [5.41, 5.74) is -4.17. The molecule has 134 valence electrons. The van der Waals surface area contributed by atoms with Gasteiger partial charge in [0.25, 0.3) is 5.91 Å². The molecular formula is C14H16F3NO5S. The van der Waals surface area contributed by atoms with Crippen LogP contribution < -0.4 is 14.8 Å². The molecule has 0 bridgehead atoms. The first-order chi connectivity index (χ1) is 11.2. The summed E-state index contributed by atoms with van der Waals surface area (Å²) in [6.45, 7) is 1.24. The minimum atomic E-state index is -4.34. The van der Waals surface area contributed by atoms with Gasteiger partial charge in [0.1, 0.15) is 0 Å². The number of hydrogen-bond donors (Lipinski definition) is 2. The van der Waals surface area contributed by atoms with Crippen LogP contribution in [0.1, 0.15) is 17.3 Å². The molecule has 0 radical (unpaired) electrons. The third-order valence-corrected chi connectivity index (χ3v) is 3.25. The molecule has 0 aliphatic heterocycles. The number of halogens is 3. The Morgan fingerprint density at radius 2 is 1.96 bits per heavy atom. The van der Waals surface area contributed by atoms with E-state index in [4.69, 9.17) is 14.6 Å². The van der Waals surface area contributed by atoms with Crippen molar-refractivity contribution < 1.29 is 37.3 Å².